The number of carbonyl (C=O) groups is 3. The molecule has 0 bridgehead atoms. The normalized spacial score (nSPS) is 17.5. The lowest BCUT2D eigenvalue weighted by Gasteiger charge is -2.27. The van der Waals surface area contributed by atoms with Crippen LogP contribution in [0.25, 0.3) is 0 Å². The number of fused-ring (bicyclic) bond motifs is 1. The Bertz CT molecular complexity index is 875. The van der Waals surface area contributed by atoms with Crippen molar-refractivity contribution in [3.63, 3.8) is 0 Å². The Morgan fingerprint density at radius 1 is 1.25 bits per heavy atom. The van der Waals surface area contributed by atoms with E-state index in [4.69, 9.17) is 29.1 Å². The fourth-order valence-electron chi connectivity index (χ4n) is 3.63. The minimum Gasteiger partial charge on any atom is -0.483 e. The summed E-state index contributed by atoms with van der Waals surface area (Å²) >= 11 is 0. The minimum atomic E-state index is -0.250. The molecule has 3 N–H and O–H groups in total. The first kappa shape index (κ1) is 25.0. The van der Waals surface area contributed by atoms with Crippen molar-refractivity contribution in [2.24, 2.45) is 0 Å². The molecule has 0 saturated carbocycles. The molecule has 0 spiro atoms. The molecule has 174 valence electrons. The quantitative estimate of drug-likeness (QED) is 0.574. The maximum absolute atomic E-state index is 12.5. The summed E-state index contributed by atoms with van der Waals surface area (Å²) in [6.07, 6.45) is 5.80. The molecule has 0 radical (unpaired) electrons. The summed E-state index contributed by atoms with van der Waals surface area (Å²) in [6.45, 7) is 5.59. The second-order valence-corrected chi connectivity index (χ2v) is 7.29. The summed E-state index contributed by atoms with van der Waals surface area (Å²) in [5.41, 5.74) is 3.75. The van der Waals surface area contributed by atoms with Crippen LogP contribution in [-0.4, -0.2) is 76.5 Å². The van der Waals surface area contributed by atoms with Crippen LogP contribution < -0.4 is 5.32 Å². The van der Waals surface area contributed by atoms with Gasteiger partial charge in [0.2, 0.25) is 0 Å². The average Bonchev–Trinajstić information content (AvgIpc) is 3.17. The van der Waals surface area contributed by atoms with Gasteiger partial charge in [-0.15, -0.1) is 0 Å². The van der Waals surface area contributed by atoms with Crippen LogP contribution in [0.3, 0.4) is 0 Å². The molecule has 1 amide bonds. The molecule has 1 atom stereocenters. The summed E-state index contributed by atoms with van der Waals surface area (Å²) < 4.78 is 11.0. The van der Waals surface area contributed by atoms with Gasteiger partial charge in [0, 0.05) is 50.1 Å². The molecule has 1 unspecified atom stereocenters. The van der Waals surface area contributed by atoms with Crippen LogP contribution in [0.4, 0.5) is 0 Å². The van der Waals surface area contributed by atoms with Crippen molar-refractivity contribution in [2.75, 3.05) is 26.3 Å². The fourth-order valence-corrected chi connectivity index (χ4v) is 3.63. The number of pyridine rings is 1. The molecule has 32 heavy (non-hydrogen) atoms. The van der Waals surface area contributed by atoms with Gasteiger partial charge < -0.3 is 24.8 Å². The number of hydrogen-bond acceptors (Lipinski definition) is 8. The first-order valence-corrected chi connectivity index (χ1v) is 10.2. The lowest BCUT2D eigenvalue weighted by atomic mass is 9.91. The number of hydrogen-bond donors (Lipinski definition) is 3. The van der Waals surface area contributed by atoms with Crippen LogP contribution in [0.15, 0.2) is 23.0 Å². The van der Waals surface area contributed by atoms with Gasteiger partial charge in [-0.1, -0.05) is 5.16 Å². The maximum Gasteiger partial charge on any atom is 0.290 e. The number of nitrogens with one attached hydrogen (secondary N) is 1. The van der Waals surface area contributed by atoms with Crippen LogP contribution in [0.5, 0.6) is 0 Å². The van der Waals surface area contributed by atoms with Crippen molar-refractivity contribution in [1.82, 2.24) is 20.4 Å². The second-order valence-electron chi connectivity index (χ2n) is 7.29. The summed E-state index contributed by atoms with van der Waals surface area (Å²) in [5, 5.41) is 21.2. The third kappa shape index (κ3) is 7.43. The molecule has 1 aliphatic heterocycles. The molecule has 1 fully saturated rings. The fraction of sp³-hybridized carbons (Fsp3) is 0.476. The Hall–Kier alpha value is -3.31. The summed E-state index contributed by atoms with van der Waals surface area (Å²) in [4.78, 5) is 35.7. The lowest BCUT2D eigenvalue weighted by Crippen LogP contribution is -2.39. The standard InChI is InChI=1S/C19H24N4O3.2CH2O2/c1-13-8-14(11-20-10-13)19(24)21-15-2-3-18-16(9-15)17(22-26-18)12-23-4-6-25-7-5-23;2*2-1-3/h8,10-11,15H,2-7,9,12H2,1H3,(H,21,24);2*1H,(H,2,3). The van der Waals surface area contributed by atoms with Crippen molar-refractivity contribution in [3.05, 3.63) is 46.6 Å². The van der Waals surface area contributed by atoms with Gasteiger partial charge in [0.1, 0.15) is 11.5 Å². The van der Waals surface area contributed by atoms with Gasteiger partial charge in [0.15, 0.2) is 0 Å². The van der Waals surface area contributed by atoms with Gasteiger partial charge >= 0.3 is 0 Å². The third-order valence-corrected chi connectivity index (χ3v) is 5.07. The van der Waals surface area contributed by atoms with Gasteiger partial charge in [-0.2, -0.15) is 0 Å². The van der Waals surface area contributed by atoms with Crippen LogP contribution >= 0.6 is 0 Å². The topological polar surface area (TPSA) is 155 Å². The number of nitrogens with zero attached hydrogens (tertiary/aromatic N) is 3. The van der Waals surface area contributed by atoms with E-state index in [0.29, 0.717) is 5.56 Å². The van der Waals surface area contributed by atoms with E-state index in [1.807, 2.05) is 13.0 Å². The van der Waals surface area contributed by atoms with E-state index in [0.717, 1.165) is 74.7 Å². The van der Waals surface area contributed by atoms with E-state index in [9.17, 15) is 4.79 Å². The monoisotopic (exact) mass is 448 g/mol. The van der Waals surface area contributed by atoms with Gasteiger partial charge in [-0.25, -0.2) is 0 Å². The molecule has 2 aromatic heterocycles. The molecule has 4 rings (SSSR count). The largest absolute Gasteiger partial charge is 0.483 e. The van der Waals surface area contributed by atoms with Crippen LogP contribution in [0.1, 0.15) is 39.4 Å². The van der Waals surface area contributed by atoms with Crippen molar-refractivity contribution in [2.45, 2.75) is 38.8 Å². The number of morpholine rings is 1. The summed E-state index contributed by atoms with van der Waals surface area (Å²) in [6, 6.07) is 1.96. The van der Waals surface area contributed by atoms with E-state index in [2.05, 4.69) is 20.4 Å². The summed E-state index contributed by atoms with van der Waals surface area (Å²) in [7, 11) is 0. The number of rotatable bonds is 4. The first-order chi connectivity index (χ1) is 15.5. The van der Waals surface area contributed by atoms with Crippen LogP contribution in [0.2, 0.25) is 0 Å². The van der Waals surface area contributed by atoms with Gasteiger partial charge in [-0.3, -0.25) is 24.3 Å². The zero-order valence-electron chi connectivity index (χ0n) is 17.9. The number of carbonyl (C=O) groups excluding carboxylic acids is 1. The molecule has 2 aromatic rings. The van der Waals surface area contributed by atoms with Crippen molar-refractivity contribution >= 4 is 18.9 Å². The van der Waals surface area contributed by atoms with E-state index in [1.54, 1.807) is 12.4 Å². The van der Waals surface area contributed by atoms with Gasteiger partial charge in [0.25, 0.3) is 18.9 Å². The Morgan fingerprint density at radius 2 is 1.94 bits per heavy atom. The Morgan fingerprint density at radius 3 is 2.59 bits per heavy atom. The number of ether oxygens (including phenoxy) is 1. The molecule has 0 aromatic carbocycles. The van der Waals surface area contributed by atoms with Crippen molar-refractivity contribution < 1.29 is 33.9 Å². The number of amides is 1. The SMILES string of the molecule is Cc1cncc(C(=O)NC2CCc3onc(CN4CCOCC4)c3C2)c1.O=CO.O=CO. The highest BCUT2D eigenvalue weighted by Gasteiger charge is 2.28. The van der Waals surface area contributed by atoms with Gasteiger partial charge in [0.05, 0.1) is 18.8 Å². The highest BCUT2D eigenvalue weighted by atomic mass is 16.5. The van der Waals surface area contributed by atoms with Crippen molar-refractivity contribution in [1.29, 1.82) is 0 Å². The Kier molecular flexibility index (Phi) is 10.3. The number of aromatic nitrogens is 2. The molecule has 1 aliphatic carbocycles. The van der Waals surface area contributed by atoms with Gasteiger partial charge in [-0.05, 0) is 31.4 Å². The first-order valence-electron chi connectivity index (χ1n) is 10.2. The highest BCUT2D eigenvalue weighted by Crippen LogP contribution is 2.26. The summed E-state index contributed by atoms with van der Waals surface area (Å²) in [5.74, 6) is 0.900. The average molecular weight is 448 g/mol. The van der Waals surface area contributed by atoms with Crippen LogP contribution in [-0.2, 0) is 33.7 Å². The zero-order valence-corrected chi connectivity index (χ0v) is 17.9. The molecule has 1 saturated heterocycles. The van der Waals surface area contributed by atoms with Crippen molar-refractivity contribution in [3.8, 4) is 0 Å². The molecule has 11 heteroatoms. The van der Waals surface area contributed by atoms with E-state index < -0.39 is 0 Å². The van der Waals surface area contributed by atoms with Crippen LogP contribution in [0, 0.1) is 6.92 Å². The number of carboxylic acid groups (broad SMARTS) is 2. The highest BCUT2D eigenvalue weighted by molar-refractivity contribution is 5.94. The minimum absolute atomic E-state index is 0.0687. The maximum atomic E-state index is 12.5. The predicted molar refractivity (Wildman–Crippen MR) is 112 cm³/mol. The Labute approximate surface area is 185 Å². The Balaban J connectivity index is 0.000000547. The third-order valence-electron chi connectivity index (χ3n) is 5.07. The zero-order chi connectivity index (χ0) is 23.3. The van der Waals surface area contributed by atoms with E-state index >= 15 is 0 Å². The van der Waals surface area contributed by atoms with E-state index in [1.165, 1.54) is 0 Å². The molecule has 11 nitrogen and oxygen atoms in total. The molecular formula is C21H28N4O7. The lowest BCUT2D eigenvalue weighted by molar-refractivity contribution is -0.123. The second kappa shape index (κ2) is 13.2. The number of aryl methyl sites for hydroxylation is 2. The van der Waals surface area contributed by atoms with E-state index in [-0.39, 0.29) is 24.9 Å². The molecular weight excluding hydrogens is 420 g/mol. The molecule has 3 heterocycles. The predicted octanol–water partition coefficient (Wildman–Crippen LogP) is 0.899. The smallest absolute Gasteiger partial charge is 0.290 e. The molecule has 2 aliphatic rings.